The lowest BCUT2D eigenvalue weighted by Gasteiger charge is -2.25. The molecule has 2 aliphatic heterocycles. The number of likely N-dealkylation sites (tertiary alicyclic amines) is 2. The van der Waals surface area contributed by atoms with Gasteiger partial charge in [-0.05, 0) is 76.0 Å². The Bertz CT molecular complexity index is 592. The van der Waals surface area contributed by atoms with E-state index in [2.05, 4.69) is 44.9 Å². The molecule has 0 radical (unpaired) electrons. The molecule has 3 fully saturated rings. The van der Waals surface area contributed by atoms with Crippen LogP contribution in [0, 0.1) is 5.92 Å². The van der Waals surface area contributed by atoms with Crippen molar-refractivity contribution in [2.75, 3.05) is 45.8 Å². The molecule has 1 saturated carbocycles. The monoisotopic (exact) mass is 389 g/mol. The highest BCUT2D eigenvalue weighted by Gasteiger charge is 2.34. The third kappa shape index (κ3) is 5.24. The molecule has 6 heteroatoms. The van der Waals surface area contributed by atoms with E-state index >= 15 is 0 Å². The van der Waals surface area contributed by atoms with E-state index in [-0.39, 0.29) is 0 Å². The van der Waals surface area contributed by atoms with Crippen LogP contribution in [0.5, 0.6) is 0 Å². The van der Waals surface area contributed by atoms with Gasteiger partial charge < -0.3 is 15.5 Å². The normalized spacial score (nSPS) is 25.8. The highest BCUT2D eigenvalue weighted by molar-refractivity contribution is 7.10. The topological polar surface area (TPSA) is 42.9 Å². The molecule has 2 saturated heterocycles. The third-order valence-electron chi connectivity index (χ3n) is 6.16. The Morgan fingerprint density at radius 2 is 2.07 bits per heavy atom. The lowest BCUT2D eigenvalue weighted by molar-refractivity contribution is 0.255. The first-order valence-electron chi connectivity index (χ1n) is 10.9. The predicted octanol–water partition coefficient (Wildman–Crippen LogP) is 2.92. The Balaban J connectivity index is 1.33. The predicted molar refractivity (Wildman–Crippen MR) is 115 cm³/mol. The second kappa shape index (κ2) is 9.39. The second-order valence-corrected chi connectivity index (χ2v) is 9.23. The Hall–Kier alpha value is -1.11. The summed E-state index contributed by atoms with van der Waals surface area (Å²) in [7, 11) is 0. The molecule has 0 spiro atoms. The summed E-state index contributed by atoms with van der Waals surface area (Å²) in [4.78, 5) is 11.7. The maximum atomic E-state index is 4.99. The Kier molecular flexibility index (Phi) is 6.69. The number of thiophene rings is 1. The number of rotatable bonds is 8. The van der Waals surface area contributed by atoms with Gasteiger partial charge in [0.15, 0.2) is 5.96 Å². The van der Waals surface area contributed by atoms with Crippen LogP contribution in [0.4, 0.5) is 0 Å². The summed E-state index contributed by atoms with van der Waals surface area (Å²) in [5.74, 6) is 1.75. The van der Waals surface area contributed by atoms with E-state index in [1.165, 1.54) is 63.2 Å². The standard InChI is InChI=1S/C21H35N5S/c1-2-22-21(23-14-17-9-12-26(16-17)18-7-8-18)24-15-19(20-6-5-13-27-20)25-10-3-4-11-25/h5-6,13,17-19H,2-4,7-12,14-16H2,1H3,(H2,22,23,24). The Labute approximate surface area is 168 Å². The van der Waals surface area contributed by atoms with E-state index in [9.17, 15) is 0 Å². The van der Waals surface area contributed by atoms with Crippen molar-refractivity contribution in [3.63, 3.8) is 0 Å². The SMILES string of the molecule is CCNC(=NCC(c1cccs1)N1CCCC1)NCC1CCN(C2CC2)C1. The van der Waals surface area contributed by atoms with Gasteiger partial charge in [-0.2, -0.15) is 0 Å². The van der Waals surface area contributed by atoms with Crippen LogP contribution in [0.15, 0.2) is 22.5 Å². The quantitative estimate of drug-likeness (QED) is 0.530. The van der Waals surface area contributed by atoms with Crippen molar-refractivity contribution >= 4 is 17.3 Å². The lowest BCUT2D eigenvalue weighted by atomic mass is 10.1. The summed E-state index contributed by atoms with van der Waals surface area (Å²) in [6.07, 6.45) is 6.82. The van der Waals surface area contributed by atoms with Crippen LogP contribution in [0.25, 0.3) is 0 Å². The largest absolute Gasteiger partial charge is 0.357 e. The van der Waals surface area contributed by atoms with Crippen molar-refractivity contribution in [2.24, 2.45) is 10.9 Å². The van der Waals surface area contributed by atoms with E-state index in [4.69, 9.17) is 4.99 Å². The Morgan fingerprint density at radius 3 is 2.78 bits per heavy atom. The van der Waals surface area contributed by atoms with Gasteiger partial charge in [-0.15, -0.1) is 11.3 Å². The molecule has 2 unspecified atom stereocenters. The molecule has 27 heavy (non-hydrogen) atoms. The minimum atomic E-state index is 0.430. The average molecular weight is 390 g/mol. The molecule has 2 N–H and O–H groups in total. The van der Waals surface area contributed by atoms with E-state index in [1.54, 1.807) is 0 Å². The average Bonchev–Trinajstić information content (AvgIpc) is 3.14. The molecule has 1 aromatic rings. The van der Waals surface area contributed by atoms with Crippen molar-refractivity contribution in [2.45, 2.75) is 51.1 Å². The van der Waals surface area contributed by atoms with E-state index < -0.39 is 0 Å². The molecular weight excluding hydrogens is 354 g/mol. The zero-order chi connectivity index (χ0) is 18.5. The highest BCUT2D eigenvalue weighted by Crippen LogP contribution is 2.31. The fourth-order valence-electron chi connectivity index (χ4n) is 4.48. The summed E-state index contributed by atoms with van der Waals surface area (Å²) in [5.41, 5.74) is 0. The number of nitrogens with zero attached hydrogens (tertiary/aromatic N) is 3. The molecule has 1 aromatic heterocycles. The molecular formula is C21H35N5S. The highest BCUT2D eigenvalue weighted by atomic mass is 32.1. The number of nitrogens with one attached hydrogen (secondary N) is 2. The summed E-state index contributed by atoms with van der Waals surface area (Å²) < 4.78 is 0. The smallest absolute Gasteiger partial charge is 0.191 e. The number of aliphatic imine (C=N–C) groups is 1. The summed E-state index contributed by atoms with van der Waals surface area (Å²) in [6, 6.07) is 5.78. The number of hydrogen-bond donors (Lipinski definition) is 2. The lowest BCUT2D eigenvalue weighted by Crippen LogP contribution is -2.41. The van der Waals surface area contributed by atoms with Gasteiger partial charge in [-0.1, -0.05) is 6.07 Å². The van der Waals surface area contributed by atoms with Crippen LogP contribution in [0.2, 0.25) is 0 Å². The second-order valence-electron chi connectivity index (χ2n) is 8.26. The van der Waals surface area contributed by atoms with Gasteiger partial charge in [0, 0.05) is 30.6 Å². The molecule has 2 atom stereocenters. The van der Waals surface area contributed by atoms with Crippen LogP contribution in [-0.2, 0) is 0 Å². The number of hydrogen-bond acceptors (Lipinski definition) is 4. The van der Waals surface area contributed by atoms with Gasteiger partial charge in [0.1, 0.15) is 0 Å². The van der Waals surface area contributed by atoms with Crippen LogP contribution in [0.3, 0.4) is 0 Å². The van der Waals surface area contributed by atoms with Crippen molar-refractivity contribution in [1.29, 1.82) is 0 Å². The molecule has 3 aliphatic rings. The maximum absolute atomic E-state index is 4.99. The van der Waals surface area contributed by atoms with Gasteiger partial charge in [0.05, 0.1) is 12.6 Å². The summed E-state index contributed by atoms with van der Waals surface area (Å²) >= 11 is 1.87. The van der Waals surface area contributed by atoms with Gasteiger partial charge >= 0.3 is 0 Å². The van der Waals surface area contributed by atoms with Crippen molar-refractivity contribution in [3.05, 3.63) is 22.4 Å². The molecule has 3 heterocycles. The van der Waals surface area contributed by atoms with Crippen molar-refractivity contribution in [1.82, 2.24) is 20.4 Å². The minimum absolute atomic E-state index is 0.430. The van der Waals surface area contributed by atoms with Crippen molar-refractivity contribution < 1.29 is 0 Å². The molecule has 4 rings (SSSR count). The van der Waals surface area contributed by atoms with Crippen molar-refractivity contribution in [3.8, 4) is 0 Å². The molecule has 0 bridgehead atoms. The fraction of sp³-hybridized carbons (Fsp3) is 0.762. The van der Waals surface area contributed by atoms with Crippen LogP contribution >= 0.6 is 11.3 Å². The maximum Gasteiger partial charge on any atom is 0.191 e. The molecule has 5 nitrogen and oxygen atoms in total. The Morgan fingerprint density at radius 1 is 1.22 bits per heavy atom. The summed E-state index contributed by atoms with van der Waals surface area (Å²) in [6.45, 7) is 9.93. The van der Waals surface area contributed by atoms with Gasteiger partial charge in [-0.3, -0.25) is 9.89 Å². The first-order chi connectivity index (χ1) is 13.3. The molecule has 0 amide bonds. The summed E-state index contributed by atoms with van der Waals surface area (Å²) in [5, 5.41) is 9.28. The van der Waals surface area contributed by atoms with E-state index in [0.717, 1.165) is 37.6 Å². The molecule has 150 valence electrons. The van der Waals surface area contributed by atoms with Crippen LogP contribution < -0.4 is 10.6 Å². The van der Waals surface area contributed by atoms with Crippen LogP contribution in [-0.4, -0.2) is 67.6 Å². The first-order valence-corrected chi connectivity index (χ1v) is 11.7. The molecule has 1 aliphatic carbocycles. The third-order valence-corrected chi connectivity index (χ3v) is 7.13. The van der Waals surface area contributed by atoms with E-state index in [1.807, 2.05) is 11.3 Å². The zero-order valence-electron chi connectivity index (χ0n) is 16.7. The minimum Gasteiger partial charge on any atom is -0.357 e. The first kappa shape index (κ1) is 19.2. The van der Waals surface area contributed by atoms with Gasteiger partial charge in [0.2, 0.25) is 0 Å². The van der Waals surface area contributed by atoms with Gasteiger partial charge in [-0.25, -0.2) is 0 Å². The zero-order valence-corrected chi connectivity index (χ0v) is 17.5. The van der Waals surface area contributed by atoms with Crippen LogP contribution in [0.1, 0.15) is 49.9 Å². The van der Waals surface area contributed by atoms with E-state index in [0.29, 0.717) is 6.04 Å². The number of guanidine groups is 1. The fourth-order valence-corrected chi connectivity index (χ4v) is 5.33. The van der Waals surface area contributed by atoms with Gasteiger partial charge in [0.25, 0.3) is 0 Å². The molecule has 0 aromatic carbocycles.